The number of benzene rings is 2. The van der Waals surface area contributed by atoms with Crippen LogP contribution in [0.3, 0.4) is 0 Å². The van der Waals surface area contributed by atoms with Gasteiger partial charge in [0, 0.05) is 22.5 Å². The van der Waals surface area contributed by atoms with Gasteiger partial charge in [-0.1, -0.05) is 6.07 Å². The van der Waals surface area contributed by atoms with Gasteiger partial charge in [0.15, 0.2) is 5.79 Å². The van der Waals surface area contributed by atoms with Gasteiger partial charge in [0.1, 0.15) is 17.4 Å². The number of nitrogens with two attached hydrogens (primary N) is 1. The van der Waals surface area contributed by atoms with Crippen molar-refractivity contribution in [3.63, 3.8) is 0 Å². The fourth-order valence-corrected chi connectivity index (χ4v) is 3.70. The molecule has 2 aromatic rings. The zero-order chi connectivity index (χ0) is 21.2. The van der Waals surface area contributed by atoms with Crippen molar-refractivity contribution < 1.29 is 27.8 Å². The lowest BCUT2D eigenvalue weighted by molar-refractivity contribution is -0.139. The van der Waals surface area contributed by atoms with Crippen LogP contribution in [0.2, 0.25) is 0 Å². The lowest BCUT2D eigenvalue weighted by Gasteiger charge is -2.18. The van der Waals surface area contributed by atoms with Gasteiger partial charge in [-0.3, -0.25) is 4.79 Å². The van der Waals surface area contributed by atoms with Gasteiger partial charge in [-0.2, -0.15) is 0 Å². The first kappa shape index (κ1) is 21.9. The van der Waals surface area contributed by atoms with Gasteiger partial charge in [-0.25, -0.2) is 8.78 Å². The van der Waals surface area contributed by atoms with Crippen molar-refractivity contribution in [2.75, 3.05) is 13.2 Å². The van der Waals surface area contributed by atoms with Crippen molar-refractivity contribution in [1.82, 2.24) is 0 Å². The molecule has 1 unspecified atom stereocenters. The minimum absolute atomic E-state index is 0.0168. The van der Waals surface area contributed by atoms with Crippen LogP contribution in [0.25, 0.3) is 0 Å². The summed E-state index contributed by atoms with van der Waals surface area (Å²) >= 11 is 2.00. The number of halogens is 3. The Kier molecular flexibility index (Phi) is 6.75. The number of ether oxygens (including phenoxy) is 3. The first-order valence-electron chi connectivity index (χ1n) is 9.15. The van der Waals surface area contributed by atoms with Crippen molar-refractivity contribution in [3.05, 3.63) is 62.2 Å². The zero-order valence-electron chi connectivity index (χ0n) is 16.1. The number of hydrogen-bond acceptors (Lipinski definition) is 4. The van der Waals surface area contributed by atoms with Gasteiger partial charge >= 0.3 is 0 Å². The number of amides is 1. The van der Waals surface area contributed by atoms with E-state index in [9.17, 15) is 13.6 Å². The fourth-order valence-electron chi connectivity index (χ4n) is 3.24. The van der Waals surface area contributed by atoms with Gasteiger partial charge in [0.05, 0.1) is 24.9 Å². The lowest BCUT2D eigenvalue weighted by atomic mass is 9.98. The minimum atomic E-state index is -0.762. The predicted molar refractivity (Wildman–Crippen MR) is 112 cm³/mol. The predicted octanol–water partition coefficient (Wildman–Crippen LogP) is 4.18. The third-order valence-electron chi connectivity index (χ3n) is 4.56. The van der Waals surface area contributed by atoms with Gasteiger partial charge in [-0.15, -0.1) is 0 Å². The Hall–Kier alpha value is -1.78. The Labute approximate surface area is 181 Å². The van der Waals surface area contributed by atoms with Crippen LogP contribution in [0.4, 0.5) is 8.78 Å². The van der Waals surface area contributed by atoms with E-state index in [1.54, 1.807) is 12.1 Å². The van der Waals surface area contributed by atoms with Crippen molar-refractivity contribution in [2.45, 2.75) is 38.6 Å². The first-order chi connectivity index (χ1) is 13.6. The first-order valence-corrected chi connectivity index (χ1v) is 10.2. The Bertz CT molecular complexity index is 920. The molecule has 1 fully saturated rings. The van der Waals surface area contributed by atoms with Gasteiger partial charge < -0.3 is 19.9 Å². The summed E-state index contributed by atoms with van der Waals surface area (Å²) in [4.78, 5) is 12.1. The molecule has 1 aliphatic heterocycles. The van der Waals surface area contributed by atoms with Crippen molar-refractivity contribution >= 4 is 28.5 Å². The summed E-state index contributed by atoms with van der Waals surface area (Å²) in [6.07, 6.45) is 0.359. The molecule has 3 rings (SSSR count). The van der Waals surface area contributed by atoms with Crippen LogP contribution in [-0.4, -0.2) is 31.0 Å². The molecule has 0 bridgehead atoms. The molecule has 1 aliphatic rings. The second-order valence-electron chi connectivity index (χ2n) is 7.30. The summed E-state index contributed by atoms with van der Waals surface area (Å²) in [6.45, 7) is 4.26. The van der Waals surface area contributed by atoms with Gasteiger partial charge in [0.25, 0.3) is 5.91 Å². The van der Waals surface area contributed by atoms with Crippen molar-refractivity contribution in [3.8, 4) is 5.75 Å². The molecule has 2 aromatic carbocycles. The molecule has 1 atom stereocenters. The van der Waals surface area contributed by atoms with Gasteiger partial charge in [-0.05, 0) is 65.8 Å². The van der Waals surface area contributed by atoms with E-state index in [1.165, 1.54) is 12.1 Å². The van der Waals surface area contributed by atoms with Crippen LogP contribution in [-0.2, 0) is 15.9 Å². The van der Waals surface area contributed by atoms with Crippen LogP contribution < -0.4 is 10.5 Å². The molecule has 0 radical (unpaired) electrons. The topological polar surface area (TPSA) is 70.8 Å². The van der Waals surface area contributed by atoms with E-state index < -0.39 is 23.3 Å². The van der Waals surface area contributed by atoms with Crippen molar-refractivity contribution in [2.24, 2.45) is 5.73 Å². The minimum Gasteiger partial charge on any atom is -0.493 e. The van der Waals surface area contributed by atoms with E-state index in [2.05, 4.69) is 0 Å². The molecule has 156 valence electrons. The second-order valence-corrected chi connectivity index (χ2v) is 8.55. The lowest BCUT2D eigenvalue weighted by Crippen LogP contribution is -2.22. The summed E-state index contributed by atoms with van der Waals surface area (Å²) < 4.78 is 46.0. The smallest absolute Gasteiger partial charge is 0.252 e. The summed E-state index contributed by atoms with van der Waals surface area (Å²) in [5.41, 5.74) is 6.19. The molecule has 5 nitrogen and oxygen atoms in total. The monoisotopic (exact) mass is 517 g/mol. The highest BCUT2D eigenvalue weighted by molar-refractivity contribution is 14.1. The highest BCUT2D eigenvalue weighted by atomic mass is 127. The van der Waals surface area contributed by atoms with Crippen LogP contribution in [0.1, 0.15) is 41.8 Å². The third kappa shape index (κ3) is 5.64. The van der Waals surface area contributed by atoms with E-state index in [1.807, 2.05) is 36.4 Å². The molecule has 1 amide bonds. The largest absolute Gasteiger partial charge is 0.493 e. The summed E-state index contributed by atoms with van der Waals surface area (Å²) in [6, 6.07) is 7.02. The molecule has 2 N–H and O–H groups in total. The van der Waals surface area contributed by atoms with Gasteiger partial charge in [0.2, 0.25) is 0 Å². The van der Waals surface area contributed by atoms with Crippen LogP contribution >= 0.6 is 22.6 Å². The normalized spacial score (nSPS) is 18.0. The Balaban J connectivity index is 1.79. The third-order valence-corrected chi connectivity index (χ3v) is 5.23. The molecule has 1 saturated heterocycles. The highest BCUT2D eigenvalue weighted by Gasteiger charge is 2.32. The Morgan fingerprint density at radius 2 is 2.03 bits per heavy atom. The molecule has 8 heteroatoms. The van der Waals surface area contributed by atoms with Crippen molar-refractivity contribution in [1.29, 1.82) is 0 Å². The number of primary amides is 1. The number of rotatable bonds is 7. The number of carbonyl (C=O) groups is 1. The molecule has 1 heterocycles. The molecular formula is C21H22F2INO4. The molecule has 0 aromatic heterocycles. The molecule has 29 heavy (non-hydrogen) atoms. The van der Waals surface area contributed by atoms with E-state index >= 15 is 0 Å². The zero-order valence-corrected chi connectivity index (χ0v) is 18.3. The Morgan fingerprint density at radius 1 is 1.28 bits per heavy atom. The van der Waals surface area contributed by atoms with E-state index in [0.717, 1.165) is 9.64 Å². The van der Waals surface area contributed by atoms with E-state index in [4.69, 9.17) is 19.9 Å². The molecular weight excluding hydrogens is 495 g/mol. The molecule has 0 spiro atoms. The average molecular weight is 517 g/mol. The van der Waals surface area contributed by atoms with E-state index in [0.29, 0.717) is 18.6 Å². The van der Waals surface area contributed by atoms with E-state index in [-0.39, 0.29) is 36.0 Å². The summed E-state index contributed by atoms with van der Waals surface area (Å²) in [5, 5.41) is 0. The maximum Gasteiger partial charge on any atom is 0.252 e. The maximum absolute atomic E-state index is 14.2. The quantitative estimate of drug-likeness (QED) is 0.560. The summed E-state index contributed by atoms with van der Waals surface area (Å²) in [7, 11) is 0. The van der Waals surface area contributed by atoms with Crippen LogP contribution in [0.15, 0.2) is 30.3 Å². The molecule has 0 saturated carbocycles. The fraction of sp³-hybridized carbons (Fsp3) is 0.381. The number of carbonyl (C=O) groups excluding carboxylic acids is 1. The Morgan fingerprint density at radius 3 is 2.66 bits per heavy atom. The standard InChI is InChI=1S/C21H22F2INO4/c1-21(2)28-11-16(29-21)5-6-27-18-9-14(22)8-13(19(18)20(25)26)7-12-3-4-15(24)10-17(12)23/h3-4,8-10,16H,5-7,11H2,1-2H3,(H2,25,26). The van der Waals surface area contributed by atoms with Crippen LogP contribution in [0, 0.1) is 15.2 Å². The second kappa shape index (κ2) is 8.93. The highest BCUT2D eigenvalue weighted by Crippen LogP contribution is 2.29. The summed E-state index contributed by atoms with van der Waals surface area (Å²) in [5.74, 6) is -2.39. The number of hydrogen-bond donors (Lipinski definition) is 1. The van der Waals surface area contributed by atoms with Crippen LogP contribution in [0.5, 0.6) is 5.75 Å². The SMILES string of the molecule is CC1(C)OCC(CCOc2cc(F)cc(Cc3ccc(I)cc3F)c2C(N)=O)O1. The molecule has 0 aliphatic carbocycles. The average Bonchev–Trinajstić information content (AvgIpc) is 2.95. The maximum atomic E-state index is 14.2.